The van der Waals surface area contributed by atoms with Crippen molar-refractivity contribution in [2.75, 3.05) is 11.9 Å². The molecule has 0 saturated heterocycles. The molecule has 1 aliphatic carbocycles. The molecular weight excluding hydrogens is 388 g/mol. The molecule has 0 aliphatic heterocycles. The summed E-state index contributed by atoms with van der Waals surface area (Å²) in [7, 11) is -3.29. The average Bonchev–Trinajstić information content (AvgIpc) is 3.28. The van der Waals surface area contributed by atoms with Gasteiger partial charge in [-0.05, 0) is 55.7 Å². The lowest BCUT2D eigenvalue weighted by Gasteiger charge is -2.12. The van der Waals surface area contributed by atoms with Gasteiger partial charge in [0.1, 0.15) is 0 Å². The van der Waals surface area contributed by atoms with Crippen molar-refractivity contribution < 1.29 is 18.0 Å². The monoisotopic (exact) mass is 414 g/mol. The van der Waals surface area contributed by atoms with Crippen LogP contribution in [0.15, 0.2) is 59.5 Å². The number of anilines is 1. The Morgan fingerprint density at radius 3 is 2.24 bits per heavy atom. The van der Waals surface area contributed by atoms with Crippen LogP contribution < -0.4 is 10.6 Å². The molecule has 3 rings (SSSR count). The summed E-state index contributed by atoms with van der Waals surface area (Å²) < 4.78 is 25.2. The predicted molar refractivity (Wildman–Crippen MR) is 113 cm³/mol. The van der Waals surface area contributed by atoms with Crippen LogP contribution in [-0.2, 0) is 14.6 Å². The van der Waals surface area contributed by atoms with E-state index in [0.29, 0.717) is 29.1 Å². The lowest BCUT2D eigenvalue weighted by molar-refractivity contribution is -0.116. The van der Waals surface area contributed by atoms with Crippen molar-refractivity contribution in [3.8, 4) is 0 Å². The molecule has 2 aromatic carbocycles. The van der Waals surface area contributed by atoms with Crippen LogP contribution in [0.3, 0.4) is 0 Å². The first-order valence-corrected chi connectivity index (χ1v) is 11.5. The molecule has 0 heterocycles. The normalized spacial score (nSPS) is 14.5. The number of carbonyl (C=O) groups excluding carboxylic acids is 2. The Bertz CT molecular complexity index is 935. The average molecular weight is 415 g/mol. The smallest absolute Gasteiger partial charge is 0.251 e. The van der Waals surface area contributed by atoms with Crippen LogP contribution in [-0.4, -0.2) is 32.0 Å². The van der Waals surface area contributed by atoms with Gasteiger partial charge in [-0.2, -0.15) is 0 Å². The van der Waals surface area contributed by atoms with Crippen molar-refractivity contribution >= 4 is 27.3 Å². The number of benzene rings is 2. The van der Waals surface area contributed by atoms with E-state index in [-0.39, 0.29) is 23.5 Å². The molecule has 0 bridgehead atoms. The second-order valence-corrected chi connectivity index (χ2v) is 9.48. The van der Waals surface area contributed by atoms with Crippen LogP contribution in [0, 0.1) is 0 Å². The van der Waals surface area contributed by atoms with Crippen molar-refractivity contribution in [3.63, 3.8) is 0 Å². The van der Waals surface area contributed by atoms with Crippen LogP contribution in [0.5, 0.6) is 0 Å². The molecule has 2 N–H and O–H groups in total. The largest absolute Gasteiger partial charge is 0.352 e. The van der Waals surface area contributed by atoms with E-state index < -0.39 is 9.84 Å². The molecule has 2 amide bonds. The van der Waals surface area contributed by atoms with E-state index in [0.717, 1.165) is 25.7 Å². The summed E-state index contributed by atoms with van der Waals surface area (Å²) in [5, 5.41) is 5.26. The van der Waals surface area contributed by atoms with Crippen molar-refractivity contribution in [2.24, 2.45) is 0 Å². The third kappa shape index (κ3) is 5.67. The quantitative estimate of drug-likeness (QED) is 0.646. The van der Waals surface area contributed by atoms with Gasteiger partial charge in [-0.25, -0.2) is 8.42 Å². The van der Waals surface area contributed by atoms with Crippen molar-refractivity contribution in [2.45, 2.75) is 48.7 Å². The molecule has 29 heavy (non-hydrogen) atoms. The van der Waals surface area contributed by atoms with E-state index in [1.165, 1.54) is 0 Å². The number of hydrogen-bond donors (Lipinski definition) is 2. The lowest BCUT2D eigenvalue weighted by Crippen LogP contribution is -2.25. The van der Waals surface area contributed by atoms with Gasteiger partial charge in [0.25, 0.3) is 5.91 Å². The van der Waals surface area contributed by atoms with Crippen LogP contribution in [0.1, 0.15) is 48.9 Å². The van der Waals surface area contributed by atoms with E-state index in [4.69, 9.17) is 0 Å². The highest BCUT2D eigenvalue weighted by Gasteiger charge is 2.30. The van der Waals surface area contributed by atoms with Gasteiger partial charge in [0.2, 0.25) is 5.91 Å². The number of hydrogen-bond acceptors (Lipinski definition) is 4. The number of amides is 2. The van der Waals surface area contributed by atoms with Crippen LogP contribution in [0.2, 0.25) is 0 Å². The second kappa shape index (κ2) is 9.69. The molecule has 0 aromatic heterocycles. The zero-order chi connectivity index (χ0) is 20.7. The minimum absolute atomic E-state index is 0.162. The molecule has 1 fully saturated rings. The Balaban J connectivity index is 1.43. The maximum absolute atomic E-state index is 12.6. The molecule has 6 nitrogen and oxygen atoms in total. The Hall–Kier alpha value is -2.67. The first-order chi connectivity index (χ1) is 14.0. The molecule has 0 unspecified atom stereocenters. The maximum Gasteiger partial charge on any atom is 0.251 e. The predicted octanol–water partition coefficient (Wildman–Crippen LogP) is 3.55. The van der Waals surface area contributed by atoms with Gasteiger partial charge in [-0.15, -0.1) is 0 Å². The van der Waals surface area contributed by atoms with Gasteiger partial charge in [-0.3, -0.25) is 9.59 Å². The van der Waals surface area contributed by atoms with Crippen LogP contribution in [0.4, 0.5) is 5.69 Å². The third-order valence-electron chi connectivity index (χ3n) is 5.11. The highest BCUT2D eigenvalue weighted by atomic mass is 32.2. The van der Waals surface area contributed by atoms with Crippen molar-refractivity contribution in [3.05, 3.63) is 60.2 Å². The van der Waals surface area contributed by atoms with Gasteiger partial charge in [0.05, 0.1) is 10.1 Å². The highest BCUT2D eigenvalue weighted by molar-refractivity contribution is 7.92. The van der Waals surface area contributed by atoms with Gasteiger partial charge >= 0.3 is 0 Å². The maximum atomic E-state index is 12.6. The summed E-state index contributed by atoms with van der Waals surface area (Å²) in [5.74, 6) is -0.338. The molecule has 1 aliphatic rings. The van der Waals surface area contributed by atoms with Gasteiger partial charge in [0.15, 0.2) is 9.84 Å². The molecule has 154 valence electrons. The van der Waals surface area contributed by atoms with Gasteiger partial charge in [-0.1, -0.05) is 31.0 Å². The molecule has 7 heteroatoms. The Morgan fingerprint density at radius 2 is 1.59 bits per heavy atom. The van der Waals surface area contributed by atoms with E-state index >= 15 is 0 Å². The summed E-state index contributed by atoms with van der Waals surface area (Å²) in [6, 6.07) is 15.3. The van der Waals surface area contributed by atoms with Crippen LogP contribution >= 0.6 is 0 Å². The second-order valence-electron chi connectivity index (χ2n) is 7.25. The fourth-order valence-electron chi connectivity index (χ4n) is 3.48. The van der Waals surface area contributed by atoms with Crippen molar-refractivity contribution in [1.29, 1.82) is 0 Å². The SMILES string of the molecule is O=C(CCCNC(=O)c1ccccc1)Nc1ccc(S(=O)(=O)C2CCCC2)cc1. The Kier molecular flexibility index (Phi) is 7.04. The summed E-state index contributed by atoms with van der Waals surface area (Å²) >= 11 is 0. The minimum atomic E-state index is -3.29. The number of sulfone groups is 1. The molecule has 2 aromatic rings. The Labute approximate surface area is 171 Å². The van der Waals surface area contributed by atoms with Gasteiger partial charge < -0.3 is 10.6 Å². The number of rotatable bonds is 8. The fourth-order valence-corrected chi connectivity index (χ4v) is 5.34. The Morgan fingerprint density at radius 1 is 0.931 bits per heavy atom. The number of nitrogens with one attached hydrogen (secondary N) is 2. The molecule has 0 spiro atoms. The standard InChI is InChI=1S/C22H26N2O4S/c25-21(11-6-16-23-22(26)17-7-2-1-3-8-17)24-18-12-14-20(15-13-18)29(27,28)19-9-4-5-10-19/h1-3,7-8,12-15,19H,4-6,9-11,16H2,(H,23,26)(H,24,25). The zero-order valence-corrected chi connectivity index (χ0v) is 17.1. The molecule has 0 atom stereocenters. The van der Waals surface area contributed by atoms with Gasteiger partial charge in [0, 0.05) is 24.2 Å². The highest BCUT2D eigenvalue weighted by Crippen LogP contribution is 2.30. The van der Waals surface area contributed by atoms with Crippen LogP contribution in [0.25, 0.3) is 0 Å². The van der Waals surface area contributed by atoms with Crippen molar-refractivity contribution in [1.82, 2.24) is 5.32 Å². The number of carbonyl (C=O) groups is 2. The first kappa shape index (κ1) is 21.0. The fraction of sp³-hybridized carbons (Fsp3) is 0.364. The summed E-state index contributed by atoms with van der Waals surface area (Å²) in [6.07, 6.45) is 4.15. The molecular formula is C22H26N2O4S. The summed E-state index contributed by atoms with van der Waals surface area (Å²) in [4.78, 5) is 24.3. The zero-order valence-electron chi connectivity index (χ0n) is 16.3. The summed E-state index contributed by atoms with van der Waals surface area (Å²) in [5.41, 5.74) is 1.15. The van der Waals surface area contributed by atoms with E-state index in [9.17, 15) is 18.0 Å². The third-order valence-corrected chi connectivity index (χ3v) is 7.39. The summed E-state index contributed by atoms with van der Waals surface area (Å²) in [6.45, 7) is 0.402. The van der Waals surface area contributed by atoms with E-state index in [2.05, 4.69) is 10.6 Å². The molecule has 0 radical (unpaired) electrons. The first-order valence-electron chi connectivity index (χ1n) is 9.94. The topological polar surface area (TPSA) is 92.3 Å². The van der Waals surface area contributed by atoms with E-state index in [1.807, 2.05) is 6.07 Å². The van der Waals surface area contributed by atoms with E-state index in [1.54, 1.807) is 48.5 Å². The minimum Gasteiger partial charge on any atom is -0.352 e. The lowest BCUT2D eigenvalue weighted by atomic mass is 10.2. The molecule has 1 saturated carbocycles.